The predicted octanol–water partition coefficient (Wildman–Crippen LogP) is 4.00. The number of Topliss-reactive ketones (excluding diaryl/α,β-unsaturated/α-hetero) is 1. The molecule has 1 heterocycles. The molecule has 8 nitrogen and oxygen atoms in total. The van der Waals surface area contributed by atoms with Gasteiger partial charge in [-0.1, -0.05) is 17.2 Å². The molecule has 0 saturated carbocycles. The van der Waals surface area contributed by atoms with Gasteiger partial charge in [0.15, 0.2) is 12.1 Å². The van der Waals surface area contributed by atoms with Crippen LogP contribution in [0.15, 0.2) is 23.3 Å². The molecule has 0 bridgehead atoms. The second-order valence-electron chi connectivity index (χ2n) is 9.38. The first-order chi connectivity index (χ1) is 15.3. The summed E-state index contributed by atoms with van der Waals surface area (Å²) in [6.07, 6.45) is 7.21. The molecular formula is C25H38O8. The fourth-order valence-electron chi connectivity index (χ4n) is 3.22. The van der Waals surface area contributed by atoms with Crippen molar-refractivity contribution in [2.24, 2.45) is 0 Å². The van der Waals surface area contributed by atoms with Crippen LogP contribution < -0.4 is 0 Å². The van der Waals surface area contributed by atoms with Crippen LogP contribution in [0, 0.1) is 0 Å². The van der Waals surface area contributed by atoms with Crippen LogP contribution in [0.4, 0.5) is 0 Å². The van der Waals surface area contributed by atoms with E-state index in [2.05, 4.69) is 0 Å². The van der Waals surface area contributed by atoms with Crippen molar-refractivity contribution in [2.45, 2.75) is 98.1 Å². The summed E-state index contributed by atoms with van der Waals surface area (Å²) in [4.78, 5) is 49.9. The number of ketones is 2. The third-order valence-electron chi connectivity index (χ3n) is 4.87. The summed E-state index contributed by atoms with van der Waals surface area (Å²) in [5.74, 6) is -3.99. The molecule has 0 amide bonds. The lowest BCUT2D eigenvalue weighted by atomic mass is 9.91. The molecule has 1 rings (SSSR count). The summed E-state index contributed by atoms with van der Waals surface area (Å²) < 4.78 is 21.5. The maximum absolute atomic E-state index is 13.0. The Morgan fingerprint density at radius 2 is 1.64 bits per heavy atom. The predicted molar refractivity (Wildman–Crippen MR) is 122 cm³/mol. The summed E-state index contributed by atoms with van der Waals surface area (Å²) in [5.41, 5.74) is -1.97. The lowest BCUT2D eigenvalue weighted by Gasteiger charge is -2.30. The summed E-state index contributed by atoms with van der Waals surface area (Å²) in [6, 6.07) is 0. The van der Waals surface area contributed by atoms with Crippen LogP contribution >= 0.6 is 0 Å². The van der Waals surface area contributed by atoms with Crippen molar-refractivity contribution in [2.75, 3.05) is 13.2 Å². The van der Waals surface area contributed by atoms with Gasteiger partial charge in [-0.3, -0.25) is 14.4 Å². The number of carbonyl (C=O) groups is 4. The molecule has 186 valence electrons. The van der Waals surface area contributed by atoms with Crippen molar-refractivity contribution in [1.29, 1.82) is 0 Å². The molecule has 8 heteroatoms. The molecule has 0 aromatic heterocycles. The van der Waals surface area contributed by atoms with Crippen molar-refractivity contribution in [3.05, 3.63) is 23.3 Å². The highest BCUT2D eigenvalue weighted by Gasteiger charge is 2.55. The summed E-state index contributed by atoms with van der Waals surface area (Å²) in [7, 11) is 0. The van der Waals surface area contributed by atoms with Gasteiger partial charge in [0.2, 0.25) is 5.78 Å². The fraction of sp³-hybridized carbons (Fsp3) is 0.680. The van der Waals surface area contributed by atoms with Gasteiger partial charge in [0, 0.05) is 13.5 Å². The van der Waals surface area contributed by atoms with Crippen LogP contribution in [0.3, 0.4) is 0 Å². The number of esters is 2. The van der Waals surface area contributed by atoms with Crippen LogP contribution in [-0.4, -0.2) is 54.2 Å². The molecule has 0 spiro atoms. The Morgan fingerprint density at radius 3 is 2.15 bits per heavy atom. The van der Waals surface area contributed by atoms with E-state index in [1.54, 1.807) is 27.7 Å². The fourth-order valence-corrected chi connectivity index (χ4v) is 3.22. The third kappa shape index (κ3) is 9.60. The molecule has 2 unspecified atom stereocenters. The van der Waals surface area contributed by atoms with Crippen LogP contribution in [-0.2, 0) is 38.1 Å². The van der Waals surface area contributed by atoms with E-state index in [9.17, 15) is 19.2 Å². The Bertz CT molecular complexity index is 781. The van der Waals surface area contributed by atoms with E-state index >= 15 is 0 Å². The summed E-state index contributed by atoms with van der Waals surface area (Å²) in [5, 5.41) is 0. The number of carbonyl (C=O) groups excluding carboxylic acids is 4. The highest BCUT2D eigenvalue weighted by Crippen LogP contribution is 2.23. The van der Waals surface area contributed by atoms with Gasteiger partial charge in [-0.25, -0.2) is 4.79 Å². The van der Waals surface area contributed by atoms with E-state index < -0.39 is 34.7 Å². The Hall–Kier alpha value is -2.32. The second-order valence-corrected chi connectivity index (χ2v) is 9.38. The standard InChI is InChI=1S/C25H38O8/c1-17(11-10-12-18(2)16-31-22-13-8-9-14-30-22)15-21(28)25(19(3)26,32-20(4)27)23(29)33-24(5,6)7/h12,15,22H,8-11,13-14,16H2,1-7H3. The van der Waals surface area contributed by atoms with Crippen LogP contribution in [0.1, 0.15) is 80.6 Å². The van der Waals surface area contributed by atoms with Crippen molar-refractivity contribution in [3.63, 3.8) is 0 Å². The van der Waals surface area contributed by atoms with Crippen LogP contribution in [0.25, 0.3) is 0 Å². The zero-order chi connectivity index (χ0) is 25.2. The number of hydrogen-bond donors (Lipinski definition) is 0. The first-order valence-electron chi connectivity index (χ1n) is 11.3. The minimum absolute atomic E-state index is 0.157. The average molecular weight is 467 g/mol. The summed E-state index contributed by atoms with van der Waals surface area (Å²) in [6.45, 7) is 11.7. The molecule has 1 fully saturated rings. The second kappa shape index (κ2) is 12.8. The number of ether oxygens (including phenoxy) is 4. The zero-order valence-corrected chi connectivity index (χ0v) is 20.9. The molecular weight excluding hydrogens is 428 g/mol. The molecule has 0 aromatic carbocycles. The van der Waals surface area contributed by atoms with Gasteiger partial charge in [-0.05, 0) is 79.7 Å². The van der Waals surface area contributed by atoms with Crippen molar-refractivity contribution >= 4 is 23.5 Å². The first-order valence-corrected chi connectivity index (χ1v) is 11.3. The SMILES string of the molecule is CC(=O)OC(C(C)=O)(C(=O)C=C(C)CCC=C(C)COC1CCCCO1)C(=O)OC(C)(C)C. The Morgan fingerprint density at radius 1 is 0.970 bits per heavy atom. The Balaban J connectivity index is 2.86. The van der Waals surface area contributed by atoms with Crippen molar-refractivity contribution < 1.29 is 38.1 Å². The highest BCUT2D eigenvalue weighted by molar-refractivity contribution is 6.29. The van der Waals surface area contributed by atoms with Gasteiger partial charge in [0.25, 0.3) is 0 Å². The summed E-state index contributed by atoms with van der Waals surface area (Å²) >= 11 is 0. The monoisotopic (exact) mass is 466 g/mol. The van der Waals surface area contributed by atoms with Crippen molar-refractivity contribution in [1.82, 2.24) is 0 Å². The number of allylic oxidation sites excluding steroid dienone is 2. The Labute approximate surface area is 196 Å². The molecule has 0 aliphatic carbocycles. The van der Waals surface area contributed by atoms with E-state index in [1.807, 2.05) is 13.0 Å². The maximum Gasteiger partial charge on any atom is 0.367 e. The molecule has 33 heavy (non-hydrogen) atoms. The van der Waals surface area contributed by atoms with Gasteiger partial charge in [-0.2, -0.15) is 0 Å². The molecule has 1 saturated heterocycles. The van der Waals surface area contributed by atoms with Crippen molar-refractivity contribution in [3.8, 4) is 0 Å². The minimum Gasteiger partial charge on any atom is -0.456 e. The smallest absolute Gasteiger partial charge is 0.367 e. The highest BCUT2D eigenvalue weighted by atomic mass is 16.7. The topological polar surface area (TPSA) is 105 Å². The van der Waals surface area contributed by atoms with E-state index in [-0.39, 0.29) is 6.29 Å². The van der Waals surface area contributed by atoms with E-state index in [0.717, 1.165) is 45.3 Å². The lowest BCUT2D eigenvalue weighted by molar-refractivity contribution is -0.191. The Kier molecular flexibility index (Phi) is 11.1. The van der Waals surface area contributed by atoms with Crippen LogP contribution in [0.2, 0.25) is 0 Å². The van der Waals surface area contributed by atoms with Gasteiger partial charge in [-0.15, -0.1) is 0 Å². The molecule has 1 aliphatic rings. The quantitative estimate of drug-likeness (QED) is 0.195. The first kappa shape index (κ1) is 28.7. The lowest BCUT2D eigenvalue weighted by Crippen LogP contribution is -2.57. The number of hydrogen-bond acceptors (Lipinski definition) is 8. The van der Waals surface area contributed by atoms with E-state index in [4.69, 9.17) is 18.9 Å². The molecule has 0 N–H and O–H groups in total. The molecule has 2 atom stereocenters. The minimum atomic E-state index is -2.65. The van der Waals surface area contributed by atoms with Gasteiger partial charge in [0.05, 0.1) is 6.61 Å². The number of rotatable bonds is 11. The zero-order valence-electron chi connectivity index (χ0n) is 20.9. The van der Waals surface area contributed by atoms with E-state index in [0.29, 0.717) is 25.0 Å². The van der Waals surface area contributed by atoms with Gasteiger partial charge >= 0.3 is 17.5 Å². The third-order valence-corrected chi connectivity index (χ3v) is 4.87. The largest absolute Gasteiger partial charge is 0.456 e. The average Bonchev–Trinajstić information content (AvgIpc) is 2.69. The molecule has 0 radical (unpaired) electrons. The maximum atomic E-state index is 13.0. The van der Waals surface area contributed by atoms with E-state index in [1.165, 1.54) is 6.08 Å². The molecule has 1 aliphatic heterocycles. The van der Waals surface area contributed by atoms with Crippen LogP contribution in [0.5, 0.6) is 0 Å². The van der Waals surface area contributed by atoms with Gasteiger partial charge < -0.3 is 18.9 Å². The molecule has 0 aromatic rings. The normalized spacial score (nSPS) is 19.4. The van der Waals surface area contributed by atoms with Gasteiger partial charge in [0.1, 0.15) is 5.60 Å².